The molecule has 0 bridgehead atoms. The summed E-state index contributed by atoms with van der Waals surface area (Å²) in [6, 6.07) is 15.2. The zero-order valence-corrected chi connectivity index (χ0v) is 28.9. The van der Waals surface area contributed by atoms with Gasteiger partial charge >= 0.3 is 0 Å². The molecule has 0 saturated carbocycles. The standard InChI is InChI=1S/C32H40BrN3O8S/c1-21(2)18-34-32(38)22(3)35(19-23-9-8-10-24(33)15-23)31(37)20-36(27-16-25(41-4)11-13-28(27)42-5)45(39,40)26-12-14-29(43-6)30(17-26)44-7/h8-17,21-22H,18-20H2,1-7H3,(H,34,38)/t22-/m1/s1. The van der Waals surface area contributed by atoms with Crippen LogP contribution in [0.1, 0.15) is 26.3 Å². The minimum Gasteiger partial charge on any atom is -0.497 e. The number of nitrogens with zero attached hydrogens (tertiary/aromatic N) is 2. The number of methoxy groups -OCH3 is 4. The van der Waals surface area contributed by atoms with E-state index in [9.17, 15) is 18.0 Å². The second-order valence-electron chi connectivity index (χ2n) is 10.5. The first-order valence-corrected chi connectivity index (χ1v) is 16.4. The summed E-state index contributed by atoms with van der Waals surface area (Å²) in [7, 11) is 1.24. The Kier molecular flexibility index (Phi) is 12.5. The van der Waals surface area contributed by atoms with Crippen molar-refractivity contribution in [3.8, 4) is 23.0 Å². The van der Waals surface area contributed by atoms with Crippen molar-refractivity contribution < 1.29 is 37.0 Å². The third-order valence-corrected chi connectivity index (χ3v) is 9.22. The summed E-state index contributed by atoms with van der Waals surface area (Å²) >= 11 is 3.45. The fourth-order valence-electron chi connectivity index (χ4n) is 4.48. The zero-order chi connectivity index (χ0) is 33.3. The van der Waals surface area contributed by atoms with Crippen LogP contribution < -0.4 is 28.6 Å². The van der Waals surface area contributed by atoms with Gasteiger partial charge in [0.25, 0.3) is 10.0 Å². The Morgan fingerprint density at radius 1 is 0.844 bits per heavy atom. The zero-order valence-electron chi connectivity index (χ0n) is 26.5. The van der Waals surface area contributed by atoms with Crippen molar-refractivity contribution in [3.63, 3.8) is 0 Å². The summed E-state index contributed by atoms with van der Waals surface area (Å²) in [5.41, 5.74) is 0.814. The molecule has 0 radical (unpaired) electrons. The van der Waals surface area contributed by atoms with Crippen molar-refractivity contribution in [1.82, 2.24) is 10.2 Å². The van der Waals surface area contributed by atoms with Gasteiger partial charge in [0.05, 0.1) is 39.0 Å². The predicted octanol–water partition coefficient (Wildman–Crippen LogP) is 4.87. The minimum absolute atomic E-state index is 0.0496. The lowest BCUT2D eigenvalue weighted by molar-refractivity contribution is -0.139. The summed E-state index contributed by atoms with van der Waals surface area (Å²) in [5, 5.41) is 2.88. The van der Waals surface area contributed by atoms with E-state index in [1.807, 2.05) is 38.1 Å². The number of sulfonamides is 1. The van der Waals surface area contributed by atoms with Crippen molar-refractivity contribution in [3.05, 3.63) is 70.7 Å². The van der Waals surface area contributed by atoms with Crippen LogP contribution in [0.15, 0.2) is 70.0 Å². The highest BCUT2D eigenvalue weighted by molar-refractivity contribution is 9.10. The highest BCUT2D eigenvalue weighted by atomic mass is 79.9. The molecule has 0 heterocycles. The van der Waals surface area contributed by atoms with Crippen molar-refractivity contribution in [2.45, 2.75) is 38.3 Å². The molecular weight excluding hydrogens is 666 g/mol. The van der Waals surface area contributed by atoms with Crippen LogP contribution >= 0.6 is 15.9 Å². The van der Waals surface area contributed by atoms with Crippen LogP contribution in [0.4, 0.5) is 5.69 Å². The number of carbonyl (C=O) groups is 2. The SMILES string of the molecule is COc1ccc(OC)c(N(CC(=O)N(Cc2cccc(Br)c2)[C@H](C)C(=O)NCC(C)C)S(=O)(=O)c2ccc(OC)c(OC)c2)c1. The lowest BCUT2D eigenvalue weighted by atomic mass is 10.1. The van der Waals surface area contributed by atoms with E-state index >= 15 is 0 Å². The van der Waals surface area contributed by atoms with Gasteiger partial charge in [-0.2, -0.15) is 0 Å². The molecule has 0 aromatic heterocycles. The van der Waals surface area contributed by atoms with Gasteiger partial charge in [-0.15, -0.1) is 0 Å². The molecule has 0 unspecified atom stereocenters. The van der Waals surface area contributed by atoms with Crippen molar-refractivity contribution in [1.29, 1.82) is 0 Å². The van der Waals surface area contributed by atoms with Gasteiger partial charge in [-0.1, -0.05) is 41.9 Å². The van der Waals surface area contributed by atoms with Crippen LogP contribution in [0.5, 0.6) is 23.0 Å². The van der Waals surface area contributed by atoms with Gasteiger partial charge in [0, 0.05) is 29.7 Å². The third kappa shape index (κ3) is 8.82. The lowest BCUT2D eigenvalue weighted by Crippen LogP contribution is -2.51. The number of ether oxygens (including phenoxy) is 4. The highest BCUT2D eigenvalue weighted by Gasteiger charge is 2.34. The second kappa shape index (κ2) is 15.8. The first kappa shape index (κ1) is 35.5. The third-order valence-electron chi connectivity index (χ3n) is 6.97. The molecular formula is C32H40BrN3O8S. The normalized spacial score (nSPS) is 11.8. The van der Waals surface area contributed by atoms with E-state index in [0.29, 0.717) is 18.0 Å². The number of hydrogen-bond donors (Lipinski definition) is 1. The molecule has 0 fully saturated rings. The molecule has 11 nitrogen and oxygen atoms in total. The Labute approximate surface area is 273 Å². The number of nitrogens with one attached hydrogen (secondary N) is 1. The summed E-state index contributed by atoms with van der Waals surface area (Å²) in [6.07, 6.45) is 0. The first-order chi connectivity index (χ1) is 21.4. The van der Waals surface area contributed by atoms with Crippen LogP contribution in [0, 0.1) is 5.92 Å². The molecule has 1 atom stereocenters. The Morgan fingerprint density at radius 3 is 2.11 bits per heavy atom. The maximum atomic E-state index is 14.4. The van der Waals surface area contributed by atoms with Gasteiger partial charge in [-0.3, -0.25) is 13.9 Å². The maximum Gasteiger partial charge on any atom is 0.265 e. The second-order valence-corrected chi connectivity index (χ2v) is 13.3. The number of anilines is 1. The first-order valence-electron chi connectivity index (χ1n) is 14.1. The van der Waals surface area contributed by atoms with E-state index in [0.717, 1.165) is 14.3 Å². The van der Waals surface area contributed by atoms with Crippen LogP contribution in [0.2, 0.25) is 0 Å². The van der Waals surface area contributed by atoms with Gasteiger partial charge < -0.3 is 29.2 Å². The van der Waals surface area contributed by atoms with E-state index in [1.165, 1.54) is 57.6 Å². The van der Waals surface area contributed by atoms with Gasteiger partial charge in [0.2, 0.25) is 11.8 Å². The molecule has 3 aromatic rings. The Bertz CT molecular complexity index is 1600. The molecule has 0 aliphatic rings. The van der Waals surface area contributed by atoms with Gasteiger partial charge in [-0.05, 0) is 54.8 Å². The maximum absolute atomic E-state index is 14.4. The number of hydrogen-bond acceptors (Lipinski definition) is 8. The molecule has 0 aliphatic heterocycles. The van der Waals surface area contributed by atoms with E-state index in [4.69, 9.17) is 18.9 Å². The van der Waals surface area contributed by atoms with Crippen molar-refractivity contribution in [2.75, 3.05) is 45.8 Å². The van der Waals surface area contributed by atoms with Gasteiger partial charge in [-0.25, -0.2) is 8.42 Å². The van der Waals surface area contributed by atoms with Crippen LogP contribution in [0.3, 0.4) is 0 Å². The van der Waals surface area contributed by atoms with Crippen LogP contribution in [0.25, 0.3) is 0 Å². The van der Waals surface area contributed by atoms with E-state index in [-0.39, 0.29) is 40.5 Å². The van der Waals surface area contributed by atoms with Gasteiger partial charge in [0.1, 0.15) is 24.1 Å². The van der Waals surface area contributed by atoms with Crippen molar-refractivity contribution in [2.24, 2.45) is 5.92 Å². The Morgan fingerprint density at radius 2 is 1.51 bits per heavy atom. The summed E-state index contributed by atoms with van der Waals surface area (Å²) in [5.74, 6) is 0.273. The molecule has 3 aromatic carbocycles. The summed E-state index contributed by atoms with van der Waals surface area (Å²) in [4.78, 5) is 28.7. The molecule has 0 spiro atoms. The fourth-order valence-corrected chi connectivity index (χ4v) is 6.36. The summed E-state index contributed by atoms with van der Waals surface area (Å²) < 4.78 is 52.1. The van der Waals surface area contributed by atoms with E-state index in [1.54, 1.807) is 19.1 Å². The minimum atomic E-state index is -4.44. The van der Waals surface area contributed by atoms with Crippen LogP contribution in [-0.2, 0) is 26.2 Å². The highest BCUT2D eigenvalue weighted by Crippen LogP contribution is 2.37. The van der Waals surface area contributed by atoms with E-state index < -0.39 is 28.5 Å². The number of halogens is 1. The molecule has 244 valence electrons. The molecule has 1 N–H and O–H groups in total. The largest absolute Gasteiger partial charge is 0.497 e. The molecule has 13 heteroatoms. The predicted molar refractivity (Wildman–Crippen MR) is 176 cm³/mol. The van der Waals surface area contributed by atoms with Gasteiger partial charge in [0.15, 0.2) is 11.5 Å². The number of rotatable bonds is 15. The lowest BCUT2D eigenvalue weighted by Gasteiger charge is -2.32. The monoisotopic (exact) mass is 705 g/mol. The molecule has 0 saturated heterocycles. The fraction of sp³-hybridized carbons (Fsp3) is 0.375. The van der Waals surface area contributed by atoms with Crippen LogP contribution in [-0.4, -0.2) is 72.7 Å². The quantitative estimate of drug-likeness (QED) is 0.238. The Hall–Kier alpha value is -3.97. The number of carbonyl (C=O) groups excluding carboxylic acids is 2. The summed E-state index contributed by atoms with van der Waals surface area (Å²) in [6.45, 7) is 5.36. The van der Waals surface area contributed by atoms with E-state index in [2.05, 4.69) is 21.2 Å². The number of benzene rings is 3. The average molecular weight is 707 g/mol. The molecule has 0 aliphatic carbocycles. The molecule has 3 rings (SSSR count). The smallest absolute Gasteiger partial charge is 0.265 e. The topological polar surface area (TPSA) is 124 Å². The van der Waals surface area contributed by atoms with Crippen molar-refractivity contribution >= 4 is 43.5 Å². The number of amides is 2. The Balaban J connectivity index is 2.16. The molecule has 2 amide bonds. The average Bonchev–Trinajstić information content (AvgIpc) is 3.03. The molecule has 45 heavy (non-hydrogen) atoms.